The first-order chi connectivity index (χ1) is 8.79. The molecule has 0 aliphatic rings. The molecule has 2 aromatic rings. The first kappa shape index (κ1) is 12.6. The highest BCUT2D eigenvalue weighted by Gasteiger charge is 2.03. The predicted molar refractivity (Wildman–Crippen MR) is 71.7 cm³/mol. The second-order valence-electron chi connectivity index (χ2n) is 4.17. The molecular formula is C14H19N3O. The van der Waals surface area contributed by atoms with Crippen molar-refractivity contribution in [3.63, 3.8) is 0 Å². The van der Waals surface area contributed by atoms with Gasteiger partial charge in [-0.15, -0.1) is 0 Å². The summed E-state index contributed by atoms with van der Waals surface area (Å²) in [5.74, 6) is 1.91. The topological polar surface area (TPSA) is 53.1 Å². The van der Waals surface area contributed by atoms with Crippen LogP contribution in [-0.2, 0) is 13.0 Å². The van der Waals surface area contributed by atoms with Gasteiger partial charge in [0.05, 0.1) is 12.2 Å². The lowest BCUT2D eigenvalue weighted by Crippen LogP contribution is -2.08. The molecule has 0 fully saturated rings. The highest BCUT2D eigenvalue weighted by Crippen LogP contribution is 2.09. The fourth-order valence-corrected chi connectivity index (χ4v) is 1.85. The summed E-state index contributed by atoms with van der Waals surface area (Å²) in [6, 6.07) is 9.83. The Morgan fingerprint density at radius 1 is 1.28 bits per heavy atom. The van der Waals surface area contributed by atoms with Crippen LogP contribution in [0.25, 0.3) is 0 Å². The van der Waals surface area contributed by atoms with Gasteiger partial charge in [0.25, 0.3) is 0 Å². The summed E-state index contributed by atoms with van der Waals surface area (Å²) in [4.78, 5) is 4.45. The second-order valence-corrected chi connectivity index (χ2v) is 4.17. The molecule has 0 saturated carbocycles. The molecule has 4 heteroatoms. The number of nitrogens with two attached hydrogens (primary N) is 1. The van der Waals surface area contributed by atoms with Gasteiger partial charge in [0.2, 0.25) is 0 Å². The fourth-order valence-electron chi connectivity index (χ4n) is 1.85. The van der Waals surface area contributed by atoms with E-state index >= 15 is 0 Å². The number of imidazole rings is 1. The lowest BCUT2D eigenvalue weighted by Gasteiger charge is -2.07. The number of aryl methyl sites for hydroxylation is 1. The van der Waals surface area contributed by atoms with E-state index in [-0.39, 0.29) is 0 Å². The lowest BCUT2D eigenvalue weighted by molar-refractivity contribution is 0.297. The summed E-state index contributed by atoms with van der Waals surface area (Å²) in [6.45, 7) is 4.08. The second kappa shape index (κ2) is 6.21. The number of benzene rings is 1. The molecule has 1 heterocycles. The van der Waals surface area contributed by atoms with Crippen LogP contribution in [0.3, 0.4) is 0 Å². The van der Waals surface area contributed by atoms with Crippen LogP contribution in [0.1, 0.15) is 11.5 Å². The molecular weight excluding hydrogens is 226 g/mol. The maximum Gasteiger partial charge on any atom is 0.119 e. The quantitative estimate of drug-likeness (QED) is 0.844. The number of para-hydroxylation sites is 1. The van der Waals surface area contributed by atoms with Gasteiger partial charge in [-0.05, 0) is 25.6 Å². The van der Waals surface area contributed by atoms with E-state index in [9.17, 15) is 0 Å². The molecule has 0 radical (unpaired) electrons. The van der Waals surface area contributed by atoms with Crippen molar-refractivity contribution in [2.75, 3.05) is 13.2 Å². The zero-order valence-corrected chi connectivity index (χ0v) is 10.7. The van der Waals surface area contributed by atoms with Crippen LogP contribution >= 0.6 is 0 Å². The Hall–Kier alpha value is -1.81. The Labute approximate surface area is 107 Å². The minimum Gasteiger partial charge on any atom is -0.492 e. The molecule has 0 atom stereocenters. The summed E-state index contributed by atoms with van der Waals surface area (Å²) in [5, 5.41) is 0. The number of hydrogen-bond donors (Lipinski definition) is 1. The van der Waals surface area contributed by atoms with Crippen molar-refractivity contribution in [2.24, 2.45) is 5.73 Å². The SMILES string of the molecule is Cc1nc(CCN)cn1CCOc1ccccc1. The van der Waals surface area contributed by atoms with Gasteiger partial charge in [-0.2, -0.15) is 0 Å². The van der Waals surface area contributed by atoms with Crippen molar-refractivity contribution in [3.05, 3.63) is 48.0 Å². The van der Waals surface area contributed by atoms with Crippen molar-refractivity contribution in [1.29, 1.82) is 0 Å². The van der Waals surface area contributed by atoms with Crippen LogP contribution in [-0.4, -0.2) is 22.7 Å². The van der Waals surface area contributed by atoms with E-state index in [1.165, 1.54) is 0 Å². The third-order valence-corrected chi connectivity index (χ3v) is 2.77. The lowest BCUT2D eigenvalue weighted by atomic mass is 10.3. The van der Waals surface area contributed by atoms with Gasteiger partial charge in [-0.1, -0.05) is 18.2 Å². The van der Waals surface area contributed by atoms with Gasteiger partial charge in [-0.3, -0.25) is 0 Å². The minimum atomic E-state index is 0.636. The predicted octanol–water partition coefficient (Wildman–Crippen LogP) is 1.77. The standard InChI is InChI=1S/C14H19N3O/c1-12-16-13(7-8-15)11-17(12)9-10-18-14-5-3-2-4-6-14/h2-6,11H,7-10,15H2,1H3. The zero-order chi connectivity index (χ0) is 12.8. The minimum absolute atomic E-state index is 0.636. The number of aromatic nitrogens is 2. The molecule has 0 saturated heterocycles. The van der Waals surface area contributed by atoms with E-state index in [4.69, 9.17) is 10.5 Å². The first-order valence-electron chi connectivity index (χ1n) is 6.20. The third-order valence-electron chi connectivity index (χ3n) is 2.77. The molecule has 18 heavy (non-hydrogen) atoms. The van der Waals surface area contributed by atoms with Crippen LogP contribution in [0.5, 0.6) is 5.75 Å². The van der Waals surface area contributed by atoms with Gasteiger partial charge >= 0.3 is 0 Å². The zero-order valence-electron chi connectivity index (χ0n) is 10.7. The molecule has 1 aromatic carbocycles. The Morgan fingerprint density at radius 3 is 2.78 bits per heavy atom. The van der Waals surface area contributed by atoms with E-state index in [1.54, 1.807) is 0 Å². The van der Waals surface area contributed by atoms with Crippen LogP contribution in [0, 0.1) is 6.92 Å². The molecule has 96 valence electrons. The van der Waals surface area contributed by atoms with Gasteiger partial charge in [0.1, 0.15) is 18.2 Å². The van der Waals surface area contributed by atoms with Crippen molar-refractivity contribution in [2.45, 2.75) is 19.9 Å². The first-order valence-corrected chi connectivity index (χ1v) is 6.20. The molecule has 2 N–H and O–H groups in total. The van der Waals surface area contributed by atoms with E-state index in [0.29, 0.717) is 13.2 Å². The van der Waals surface area contributed by atoms with E-state index in [0.717, 1.165) is 30.2 Å². The average molecular weight is 245 g/mol. The molecule has 0 amide bonds. The summed E-state index contributed by atoms with van der Waals surface area (Å²) in [6.07, 6.45) is 2.88. The number of hydrogen-bond acceptors (Lipinski definition) is 3. The van der Waals surface area contributed by atoms with Crippen molar-refractivity contribution < 1.29 is 4.74 Å². The molecule has 0 spiro atoms. The Morgan fingerprint density at radius 2 is 2.06 bits per heavy atom. The summed E-state index contributed by atoms with van der Waals surface area (Å²) in [7, 11) is 0. The summed E-state index contributed by atoms with van der Waals surface area (Å²) < 4.78 is 7.77. The van der Waals surface area contributed by atoms with Gasteiger partial charge < -0.3 is 15.0 Å². The smallest absolute Gasteiger partial charge is 0.119 e. The van der Waals surface area contributed by atoms with Crippen molar-refractivity contribution in [3.8, 4) is 5.75 Å². The van der Waals surface area contributed by atoms with E-state index in [1.807, 2.05) is 37.3 Å². The van der Waals surface area contributed by atoms with E-state index < -0.39 is 0 Å². The molecule has 2 rings (SSSR count). The van der Waals surface area contributed by atoms with Gasteiger partial charge in [0.15, 0.2) is 0 Å². The molecule has 0 aliphatic carbocycles. The van der Waals surface area contributed by atoms with Crippen LogP contribution in [0.2, 0.25) is 0 Å². The highest BCUT2D eigenvalue weighted by atomic mass is 16.5. The summed E-state index contributed by atoms with van der Waals surface area (Å²) in [5.41, 5.74) is 6.57. The Bertz CT molecular complexity index is 479. The number of nitrogens with zero attached hydrogens (tertiary/aromatic N) is 2. The van der Waals surface area contributed by atoms with Crippen LogP contribution in [0.4, 0.5) is 0 Å². The maximum absolute atomic E-state index is 5.66. The number of ether oxygens (including phenoxy) is 1. The van der Waals surface area contributed by atoms with Crippen LogP contribution < -0.4 is 10.5 Å². The highest BCUT2D eigenvalue weighted by molar-refractivity contribution is 5.20. The largest absolute Gasteiger partial charge is 0.492 e. The monoisotopic (exact) mass is 245 g/mol. The molecule has 4 nitrogen and oxygen atoms in total. The fraction of sp³-hybridized carbons (Fsp3) is 0.357. The van der Waals surface area contributed by atoms with E-state index in [2.05, 4.69) is 15.7 Å². The van der Waals surface area contributed by atoms with Crippen molar-refractivity contribution >= 4 is 0 Å². The Balaban J connectivity index is 1.86. The molecule has 1 aromatic heterocycles. The Kier molecular flexibility index (Phi) is 4.36. The van der Waals surface area contributed by atoms with Gasteiger partial charge in [0, 0.05) is 12.6 Å². The normalized spacial score (nSPS) is 10.6. The number of rotatable bonds is 6. The molecule has 0 aliphatic heterocycles. The molecule has 0 bridgehead atoms. The van der Waals surface area contributed by atoms with Crippen LogP contribution in [0.15, 0.2) is 36.5 Å². The summed E-state index contributed by atoms with van der Waals surface area (Å²) >= 11 is 0. The van der Waals surface area contributed by atoms with Crippen molar-refractivity contribution in [1.82, 2.24) is 9.55 Å². The van der Waals surface area contributed by atoms with Gasteiger partial charge in [-0.25, -0.2) is 4.98 Å². The average Bonchev–Trinajstić information content (AvgIpc) is 2.72. The third kappa shape index (κ3) is 3.34. The maximum atomic E-state index is 5.66. The molecule has 0 unspecified atom stereocenters.